The van der Waals surface area contributed by atoms with E-state index in [2.05, 4.69) is 11.0 Å². The first kappa shape index (κ1) is 13.5. The van der Waals surface area contributed by atoms with Crippen molar-refractivity contribution in [2.45, 2.75) is 56.9 Å². The van der Waals surface area contributed by atoms with E-state index >= 15 is 0 Å². The molecule has 1 fully saturated rings. The fourth-order valence-electron chi connectivity index (χ4n) is 3.79. The standard InChI is InChI=1S/C17H23NO2/c19-17(20)15-11-12-18(13-7-3-1-2-4-8-13)16-10-6-5-9-14(15)16/h5-6,9-10,13,15H,1-4,7-8,11-12H2,(H,19,20). The molecule has 0 bridgehead atoms. The maximum absolute atomic E-state index is 11.4. The van der Waals surface area contributed by atoms with E-state index in [9.17, 15) is 9.90 Å². The highest BCUT2D eigenvalue weighted by molar-refractivity contribution is 5.80. The smallest absolute Gasteiger partial charge is 0.311 e. The topological polar surface area (TPSA) is 40.5 Å². The Hall–Kier alpha value is -1.51. The molecule has 3 heteroatoms. The minimum absolute atomic E-state index is 0.326. The van der Waals surface area contributed by atoms with Crippen LogP contribution in [0, 0.1) is 0 Å². The molecule has 1 unspecified atom stereocenters. The molecule has 2 aliphatic rings. The van der Waals surface area contributed by atoms with Crippen LogP contribution in [-0.2, 0) is 4.79 Å². The first-order valence-corrected chi connectivity index (χ1v) is 7.86. The number of hydrogen-bond donors (Lipinski definition) is 1. The number of rotatable bonds is 2. The molecule has 1 aliphatic carbocycles. The molecule has 108 valence electrons. The molecule has 1 saturated carbocycles. The predicted molar refractivity (Wildman–Crippen MR) is 80.3 cm³/mol. The first-order valence-electron chi connectivity index (χ1n) is 7.86. The lowest BCUT2D eigenvalue weighted by Gasteiger charge is -2.39. The molecule has 3 rings (SSSR count). The summed E-state index contributed by atoms with van der Waals surface area (Å²) in [6.07, 6.45) is 8.58. The van der Waals surface area contributed by atoms with Gasteiger partial charge in [-0.2, -0.15) is 0 Å². The van der Waals surface area contributed by atoms with Crippen LogP contribution in [0.15, 0.2) is 24.3 Å². The number of hydrogen-bond acceptors (Lipinski definition) is 2. The van der Waals surface area contributed by atoms with Gasteiger partial charge in [0.15, 0.2) is 0 Å². The van der Waals surface area contributed by atoms with E-state index in [1.165, 1.54) is 38.5 Å². The summed E-state index contributed by atoms with van der Waals surface area (Å²) in [4.78, 5) is 13.9. The van der Waals surface area contributed by atoms with E-state index in [1.807, 2.05) is 18.2 Å². The van der Waals surface area contributed by atoms with Crippen molar-refractivity contribution in [3.8, 4) is 0 Å². The number of benzene rings is 1. The molecule has 0 saturated heterocycles. The van der Waals surface area contributed by atoms with Crippen LogP contribution in [0.2, 0.25) is 0 Å². The number of carboxylic acids is 1. The maximum Gasteiger partial charge on any atom is 0.311 e. The number of aliphatic carboxylic acids is 1. The Morgan fingerprint density at radius 2 is 1.75 bits per heavy atom. The zero-order valence-electron chi connectivity index (χ0n) is 11.9. The second-order valence-electron chi connectivity index (χ2n) is 6.08. The molecule has 0 amide bonds. The molecule has 0 aromatic heterocycles. The van der Waals surface area contributed by atoms with Crippen molar-refractivity contribution in [3.63, 3.8) is 0 Å². The molecular formula is C17H23NO2. The van der Waals surface area contributed by atoms with Crippen LogP contribution in [0.1, 0.15) is 56.4 Å². The normalized spacial score (nSPS) is 24.0. The largest absolute Gasteiger partial charge is 0.481 e. The van der Waals surface area contributed by atoms with Crippen LogP contribution in [0.5, 0.6) is 0 Å². The van der Waals surface area contributed by atoms with Gasteiger partial charge in [-0.25, -0.2) is 0 Å². The van der Waals surface area contributed by atoms with Crippen LogP contribution in [0.4, 0.5) is 5.69 Å². The van der Waals surface area contributed by atoms with Gasteiger partial charge >= 0.3 is 5.97 Å². The molecule has 0 spiro atoms. The second kappa shape index (κ2) is 5.86. The summed E-state index contributed by atoms with van der Waals surface area (Å²) in [5, 5.41) is 9.41. The van der Waals surface area contributed by atoms with Gasteiger partial charge in [0, 0.05) is 18.3 Å². The third-order valence-corrected chi connectivity index (χ3v) is 4.84. The van der Waals surface area contributed by atoms with Crippen molar-refractivity contribution in [3.05, 3.63) is 29.8 Å². The van der Waals surface area contributed by atoms with Gasteiger partial charge in [0.25, 0.3) is 0 Å². The van der Waals surface area contributed by atoms with E-state index in [0.29, 0.717) is 6.04 Å². The number of nitrogens with zero attached hydrogens (tertiary/aromatic N) is 1. The number of para-hydroxylation sites is 1. The average molecular weight is 273 g/mol. The van der Waals surface area contributed by atoms with E-state index in [4.69, 9.17) is 0 Å². The maximum atomic E-state index is 11.4. The molecule has 1 aromatic rings. The van der Waals surface area contributed by atoms with Crippen molar-refractivity contribution in [2.24, 2.45) is 0 Å². The molecule has 1 heterocycles. The molecule has 1 aromatic carbocycles. The summed E-state index contributed by atoms with van der Waals surface area (Å²) in [6.45, 7) is 0.888. The van der Waals surface area contributed by atoms with Crippen molar-refractivity contribution in [2.75, 3.05) is 11.4 Å². The van der Waals surface area contributed by atoms with Crippen LogP contribution < -0.4 is 4.90 Å². The summed E-state index contributed by atoms with van der Waals surface area (Å²) >= 11 is 0. The average Bonchev–Trinajstić information content (AvgIpc) is 2.75. The van der Waals surface area contributed by atoms with E-state index in [0.717, 1.165) is 24.2 Å². The Morgan fingerprint density at radius 3 is 2.45 bits per heavy atom. The first-order chi connectivity index (χ1) is 9.77. The van der Waals surface area contributed by atoms with Gasteiger partial charge < -0.3 is 10.0 Å². The Morgan fingerprint density at radius 1 is 1.05 bits per heavy atom. The zero-order chi connectivity index (χ0) is 13.9. The number of fused-ring (bicyclic) bond motifs is 1. The summed E-state index contributed by atoms with van der Waals surface area (Å²) in [5.74, 6) is -1.01. The van der Waals surface area contributed by atoms with E-state index in [-0.39, 0.29) is 5.92 Å². The third-order valence-electron chi connectivity index (χ3n) is 4.84. The summed E-state index contributed by atoms with van der Waals surface area (Å²) < 4.78 is 0. The van der Waals surface area contributed by atoms with Gasteiger partial charge in [-0.15, -0.1) is 0 Å². The minimum atomic E-state index is -0.682. The summed E-state index contributed by atoms with van der Waals surface area (Å²) in [6, 6.07) is 8.71. The highest BCUT2D eigenvalue weighted by Gasteiger charge is 2.32. The monoisotopic (exact) mass is 273 g/mol. The van der Waals surface area contributed by atoms with Gasteiger partial charge in [-0.05, 0) is 30.9 Å². The quantitative estimate of drug-likeness (QED) is 0.833. The fraction of sp³-hybridized carbons (Fsp3) is 0.588. The molecule has 0 radical (unpaired) electrons. The number of carboxylic acid groups (broad SMARTS) is 1. The lowest BCUT2D eigenvalue weighted by atomic mass is 9.88. The number of carbonyl (C=O) groups is 1. The Kier molecular flexibility index (Phi) is 3.95. The molecular weight excluding hydrogens is 250 g/mol. The fourth-order valence-corrected chi connectivity index (χ4v) is 3.79. The van der Waals surface area contributed by atoms with Crippen LogP contribution in [0.3, 0.4) is 0 Å². The van der Waals surface area contributed by atoms with Crippen molar-refractivity contribution in [1.82, 2.24) is 0 Å². The molecule has 3 nitrogen and oxygen atoms in total. The van der Waals surface area contributed by atoms with Gasteiger partial charge in [-0.3, -0.25) is 4.79 Å². The molecule has 1 aliphatic heterocycles. The number of anilines is 1. The Labute approximate surface area is 120 Å². The van der Waals surface area contributed by atoms with Gasteiger partial charge in [0.1, 0.15) is 0 Å². The van der Waals surface area contributed by atoms with Crippen molar-refractivity contribution < 1.29 is 9.90 Å². The Balaban J connectivity index is 1.89. The van der Waals surface area contributed by atoms with Gasteiger partial charge in [0.05, 0.1) is 5.92 Å². The highest BCUT2D eigenvalue weighted by Crippen LogP contribution is 2.38. The van der Waals surface area contributed by atoms with E-state index < -0.39 is 5.97 Å². The highest BCUT2D eigenvalue weighted by atomic mass is 16.4. The summed E-state index contributed by atoms with van der Waals surface area (Å²) in [5.41, 5.74) is 2.17. The Bertz CT molecular complexity index is 478. The van der Waals surface area contributed by atoms with Crippen LogP contribution in [-0.4, -0.2) is 23.7 Å². The predicted octanol–water partition coefficient (Wildman–Crippen LogP) is 3.79. The van der Waals surface area contributed by atoms with Crippen molar-refractivity contribution >= 4 is 11.7 Å². The summed E-state index contributed by atoms with van der Waals surface area (Å²) in [7, 11) is 0. The third kappa shape index (κ3) is 2.54. The molecule has 1 atom stereocenters. The zero-order valence-corrected chi connectivity index (χ0v) is 11.9. The minimum Gasteiger partial charge on any atom is -0.481 e. The lowest BCUT2D eigenvalue weighted by Crippen LogP contribution is -2.40. The SMILES string of the molecule is O=C(O)C1CCN(C2CCCCCC2)c2ccccc21. The van der Waals surface area contributed by atoms with Gasteiger partial charge in [-0.1, -0.05) is 43.9 Å². The van der Waals surface area contributed by atoms with E-state index in [1.54, 1.807) is 0 Å². The van der Waals surface area contributed by atoms with Crippen LogP contribution >= 0.6 is 0 Å². The van der Waals surface area contributed by atoms with Crippen LogP contribution in [0.25, 0.3) is 0 Å². The van der Waals surface area contributed by atoms with Crippen molar-refractivity contribution in [1.29, 1.82) is 0 Å². The molecule has 20 heavy (non-hydrogen) atoms. The molecule has 1 N–H and O–H groups in total. The second-order valence-corrected chi connectivity index (χ2v) is 6.08. The van der Waals surface area contributed by atoms with Gasteiger partial charge in [0.2, 0.25) is 0 Å². The lowest BCUT2D eigenvalue weighted by molar-refractivity contribution is -0.139.